The number of rotatable bonds is 7. The Labute approximate surface area is 230 Å². The average molecular weight is 535 g/mol. The molecule has 1 saturated carbocycles. The maximum Gasteiger partial charge on any atom is 0.180 e. The van der Waals surface area contributed by atoms with Crippen molar-refractivity contribution < 1.29 is 8.42 Å². The molecule has 0 N–H and O–H groups in total. The van der Waals surface area contributed by atoms with Crippen LogP contribution in [-0.4, -0.2) is 51.3 Å². The van der Waals surface area contributed by atoms with E-state index in [1.807, 2.05) is 12.1 Å². The summed E-state index contributed by atoms with van der Waals surface area (Å²) in [6.45, 7) is 9.35. The van der Waals surface area contributed by atoms with E-state index in [4.69, 9.17) is 0 Å². The first-order valence-corrected chi connectivity index (χ1v) is 16.8. The summed E-state index contributed by atoms with van der Waals surface area (Å²) in [5, 5.41) is -0.383. The number of hydrogen-bond donors (Lipinski definition) is 0. The summed E-state index contributed by atoms with van der Waals surface area (Å²) in [6, 6.07) is 17.0. The summed E-state index contributed by atoms with van der Waals surface area (Å²) < 4.78 is 24.9. The van der Waals surface area contributed by atoms with E-state index in [0.717, 1.165) is 30.6 Å². The first kappa shape index (κ1) is 26.4. The Bertz CT molecular complexity index is 1200. The second-order valence-electron chi connectivity index (χ2n) is 13.0. The summed E-state index contributed by atoms with van der Waals surface area (Å²) in [5.74, 6) is 2.44. The van der Waals surface area contributed by atoms with Gasteiger partial charge >= 0.3 is 0 Å². The van der Waals surface area contributed by atoms with Crippen molar-refractivity contribution >= 4 is 15.5 Å². The standard InChI is InChI=1S/C33H46N2O2S/c1-25(2)38(36,37)31-15-13-30(14-16-31)35-23-26(24-35)22-34-20-17-29(18-21-34)33(28-10-4-5-11-28)19-7-9-27-8-3-6-12-32(27)33/h3,6,8,12-16,25-26,28-29H,4-5,7,9-11,17-24H2,1-2H3. The maximum absolute atomic E-state index is 12.4. The second-order valence-corrected chi connectivity index (χ2v) is 15.5. The van der Waals surface area contributed by atoms with E-state index < -0.39 is 9.84 Å². The van der Waals surface area contributed by atoms with E-state index in [0.29, 0.717) is 16.2 Å². The highest BCUT2D eigenvalue weighted by molar-refractivity contribution is 7.92. The monoisotopic (exact) mass is 534 g/mol. The normalized spacial score (nSPS) is 26.0. The molecule has 0 spiro atoms. The van der Waals surface area contributed by atoms with Crippen molar-refractivity contribution in [2.45, 2.75) is 87.2 Å². The van der Waals surface area contributed by atoms with Crippen LogP contribution >= 0.6 is 0 Å². The number of piperidine rings is 1. The van der Waals surface area contributed by atoms with Gasteiger partial charge in [-0.3, -0.25) is 0 Å². The lowest BCUT2D eigenvalue weighted by atomic mass is 9.54. The summed E-state index contributed by atoms with van der Waals surface area (Å²) in [5.41, 5.74) is 4.97. The third-order valence-corrected chi connectivity index (χ3v) is 12.8. The predicted octanol–water partition coefficient (Wildman–Crippen LogP) is 6.48. The van der Waals surface area contributed by atoms with Gasteiger partial charge in [0.15, 0.2) is 9.84 Å². The van der Waals surface area contributed by atoms with Gasteiger partial charge in [-0.15, -0.1) is 0 Å². The molecule has 38 heavy (non-hydrogen) atoms. The molecular formula is C33H46N2O2S. The molecule has 4 nitrogen and oxygen atoms in total. The van der Waals surface area contributed by atoms with Crippen LogP contribution in [0.3, 0.4) is 0 Å². The number of nitrogens with zero attached hydrogens (tertiary/aromatic N) is 2. The minimum Gasteiger partial charge on any atom is -0.371 e. The Kier molecular flexibility index (Phi) is 7.37. The molecular weight excluding hydrogens is 488 g/mol. The van der Waals surface area contributed by atoms with Crippen molar-refractivity contribution in [3.63, 3.8) is 0 Å². The molecule has 4 aliphatic rings. The van der Waals surface area contributed by atoms with E-state index in [1.165, 1.54) is 77.4 Å². The number of hydrogen-bond acceptors (Lipinski definition) is 4. The van der Waals surface area contributed by atoms with Crippen molar-refractivity contribution in [2.75, 3.05) is 37.6 Å². The van der Waals surface area contributed by atoms with Crippen molar-refractivity contribution in [2.24, 2.45) is 17.8 Å². The fourth-order valence-corrected chi connectivity index (χ4v) is 9.59. The molecule has 206 valence electrons. The van der Waals surface area contributed by atoms with Gasteiger partial charge < -0.3 is 9.80 Å². The Morgan fingerprint density at radius 1 is 0.868 bits per heavy atom. The van der Waals surface area contributed by atoms with E-state index >= 15 is 0 Å². The molecule has 2 heterocycles. The SMILES string of the molecule is CC(C)S(=O)(=O)c1ccc(N2CC(CN3CCC(C4(C5CCCC5)CCCc5ccccc54)CC3)C2)cc1. The average Bonchev–Trinajstić information content (AvgIpc) is 3.46. The Balaban J connectivity index is 1.05. The van der Waals surface area contributed by atoms with Crippen LogP contribution in [0.5, 0.6) is 0 Å². The van der Waals surface area contributed by atoms with Crippen molar-refractivity contribution in [3.05, 3.63) is 59.7 Å². The van der Waals surface area contributed by atoms with Crippen molar-refractivity contribution in [1.29, 1.82) is 0 Å². The molecule has 0 amide bonds. The van der Waals surface area contributed by atoms with Crippen LogP contribution in [0.2, 0.25) is 0 Å². The third-order valence-electron chi connectivity index (χ3n) is 10.6. The number of likely N-dealkylation sites (tertiary alicyclic amines) is 1. The molecule has 2 aliphatic carbocycles. The van der Waals surface area contributed by atoms with Gasteiger partial charge in [0, 0.05) is 36.7 Å². The third kappa shape index (κ3) is 4.72. The van der Waals surface area contributed by atoms with E-state index in [9.17, 15) is 8.42 Å². The Hall–Kier alpha value is -1.85. The molecule has 1 unspecified atom stereocenters. The van der Waals surface area contributed by atoms with Gasteiger partial charge in [0.2, 0.25) is 0 Å². The van der Waals surface area contributed by atoms with Crippen molar-refractivity contribution in [3.8, 4) is 0 Å². The van der Waals surface area contributed by atoms with Gasteiger partial charge in [0.05, 0.1) is 10.1 Å². The minimum absolute atomic E-state index is 0.383. The van der Waals surface area contributed by atoms with Crippen molar-refractivity contribution in [1.82, 2.24) is 4.90 Å². The van der Waals surface area contributed by atoms with Crippen LogP contribution < -0.4 is 4.90 Å². The molecule has 2 saturated heterocycles. The molecule has 2 aromatic carbocycles. The maximum atomic E-state index is 12.4. The van der Waals surface area contributed by atoms with Crippen LogP contribution in [0.4, 0.5) is 5.69 Å². The molecule has 0 radical (unpaired) electrons. The number of fused-ring (bicyclic) bond motifs is 1. The van der Waals surface area contributed by atoms with Crippen LogP contribution in [0.1, 0.15) is 76.3 Å². The van der Waals surface area contributed by atoms with Gasteiger partial charge in [0.25, 0.3) is 0 Å². The number of benzene rings is 2. The van der Waals surface area contributed by atoms with Gasteiger partial charge in [0.1, 0.15) is 0 Å². The molecule has 1 atom stereocenters. The van der Waals surface area contributed by atoms with E-state index in [-0.39, 0.29) is 5.25 Å². The molecule has 5 heteroatoms. The lowest BCUT2D eigenvalue weighted by Gasteiger charge is -2.52. The first-order valence-electron chi connectivity index (χ1n) is 15.3. The zero-order valence-electron chi connectivity index (χ0n) is 23.4. The van der Waals surface area contributed by atoms with E-state index in [2.05, 4.69) is 34.1 Å². The minimum atomic E-state index is -3.20. The topological polar surface area (TPSA) is 40.6 Å². The van der Waals surface area contributed by atoms with Gasteiger partial charge in [-0.1, -0.05) is 37.1 Å². The summed E-state index contributed by atoms with van der Waals surface area (Å²) >= 11 is 0. The number of anilines is 1. The predicted molar refractivity (Wildman–Crippen MR) is 157 cm³/mol. The smallest absolute Gasteiger partial charge is 0.180 e. The highest BCUT2D eigenvalue weighted by Gasteiger charge is 2.49. The molecule has 0 aromatic heterocycles. The Morgan fingerprint density at radius 2 is 1.53 bits per heavy atom. The molecule has 6 rings (SSSR count). The van der Waals surface area contributed by atoms with Crippen LogP contribution in [0.25, 0.3) is 0 Å². The fraction of sp³-hybridized carbons (Fsp3) is 0.636. The highest BCUT2D eigenvalue weighted by atomic mass is 32.2. The second kappa shape index (κ2) is 10.6. The summed E-state index contributed by atoms with van der Waals surface area (Å²) in [7, 11) is -3.20. The highest BCUT2D eigenvalue weighted by Crippen LogP contribution is 2.55. The molecule has 0 bridgehead atoms. The van der Waals surface area contributed by atoms with Crippen LogP contribution in [0, 0.1) is 17.8 Å². The summed E-state index contributed by atoms with van der Waals surface area (Å²) in [6.07, 6.45) is 12.5. The summed E-state index contributed by atoms with van der Waals surface area (Å²) in [4.78, 5) is 5.58. The zero-order chi connectivity index (χ0) is 26.3. The molecule has 2 aromatic rings. The van der Waals surface area contributed by atoms with Gasteiger partial charge in [-0.2, -0.15) is 0 Å². The van der Waals surface area contributed by atoms with E-state index in [1.54, 1.807) is 37.1 Å². The lowest BCUT2D eigenvalue weighted by Crippen LogP contribution is -2.54. The number of sulfone groups is 1. The fourth-order valence-electron chi connectivity index (χ4n) is 8.53. The van der Waals surface area contributed by atoms with Gasteiger partial charge in [-0.05, 0) is 119 Å². The van der Waals surface area contributed by atoms with Crippen LogP contribution in [0.15, 0.2) is 53.4 Å². The van der Waals surface area contributed by atoms with Gasteiger partial charge in [-0.25, -0.2) is 8.42 Å². The largest absolute Gasteiger partial charge is 0.371 e. The van der Waals surface area contributed by atoms with Crippen LogP contribution in [-0.2, 0) is 21.7 Å². The molecule has 2 aliphatic heterocycles. The Morgan fingerprint density at radius 3 is 2.21 bits per heavy atom. The quantitative estimate of drug-likeness (QED) is 0.408. The lowest BCUT2D eigenvalue weighted by molar-refractivity contribution is 0.0648. The zero-order valence-corrected chi connectivity index (χ0v) is 24.3. The first-order chi connectivity index (χ1) is 18.4. The number of aryl methyl sites for hydroxylation is 1. The molecule has 3 fully saturated rings.